The monoisotopic (exact) mass is 351 g/mol. The summed E-state index contributed by atoms with van der Waals surface area (Å²) >= 11 is 0. The Kier molecular flexibility index (Phi) is 5.76. The fourth-order valence-corrected chi connectivity index (χ4v) is 3.26. The van der Waals surface area contributed by atoms with E-state index in [0.717, 1.165) is 0 Å². The number of carbonyl (C=O) groups is 1. The zero-order chi connectivity index (χ0) is 17.7. The predicted octanol–water partition coefficient (Wildman–Crippen LogP) is 1.22. The fraction of sp³-hybridized carbons (Fsp3) is 0.312. The van der Waals surface area contributed by atoms with E-state index in [1.807, 2.05) is 19.0 Å². The maximum Gasteiger partial charge on any atom is 0.251 e. The van der Waals surface area contributed by atoms with Gasteiger partial charge in [-0.3, -0.25) is 9.69 Å². The SMILES string of the molecule is CNC(=O)c1ccc(S(=O)(=O)NCC(c2ccco2)N(C)C)cc1. The highest BCUT2D eigenvalue weighted by Gasteiger charge is 2.21. The Morgan fingerprint density at radius 1 is 1.21 bits per heavy atom. The van der Waals surface area contributed by atoms with Gasteiger partial charge in [0.05, 0.1) is 17.2 Å². The Morgan fingerprint density at radius 3 is 2.38 bits per heavy atom. The van der Waals surface area contributed by atoms with Crippen molar-refractivity contribution in [3.8, 4) is 0 Å². The van der Waals surface area contributed by atoms with Crippen molar-refractivity contribution >= 4 is 15.9 Å². The Hall–Kier alpha value is -2.16. The molecule has 1 amide bonds. The van der Waals surface area contributed by atoms with E-state index < -0.39 is 10.0 Å². The van der Waals surface area contributed by atoms with Crippen LogP contribution in [0.4, 0.5) is 0 Å². The molecule has 1 atom stereocenters. The molecule has 0 aliphatic heterocycles. The minimum Gasteiger partial charge on any atom is -0.468 e. The van der Waals surface area contributed by atoms with E-state index in [2.05, 4.69) is 10.0 Å². The number of likely N-dealkylation sites (N-methyl/N-ethyl adjacent to an activating group) is 1. The average Bonchev–Trinajstić information content (AvgIpc) is 3.08. The van der Waals surface area contributed by atoms with Crippen molar-refractivity contribution in [3.63, 3.8) is 0 Å². The number of carbonyl (C=O) groups excluding carboxylic acids is 1. The lowest BCUT2D eigenvalue weighted by molar-refractivity contribution is 0.0963. The van der Waals surface area contributed by atoms with Gasteiger partial charge in [0.25, 0.3) is 5.91 Å². The summed E-state index contributed by atoms with van der Waals surface area (Å²) in [7, 11) is 1.53. The van der Waals surface area contributed by atoms with Crippen LogP contribution in [0.25, 0.3) is 0 Å². The van der Waals surface area contributed by atoms with E-state index in [1.165, 1.54) is 31.3 Å². The third kappa shape index (κ3) is 4.22. The van der Waals surface area contributed by atoms with Crippen LogP contribution < -0.4 is 10.0 Å². The third-order valence-electron chi connectivity index (χ3n) is 3.62. The first kappa shape index (κ1) is 18.2. The van der Waals surface area contributed by atoms with Crippen molar-refractivity contribution < 1.29 is 17.6 Å². The molecule has 2 N–H and O–H groups in total. The lowest BCUT2D eigenvalue weighted by Crippen LogP contribution is -2.34. The number of benzene rings is 1. The average molecular weight is 351 g/mol. The number of hydrogen-bond acceptors (Lipinski definition) is 5. The highest BCUT2D eigenvalue weighted by molar-refractivity contribution is 7.89. The minimum atomic E-state index is -3.68. The first-order chi connectivity index (χ1) is 11.3. The molecule has 1 aromatic carbocycles. The Morgan fingerprint density at radius 2 is 1.88 bits per heavy atom. The van der Waals surface area contributed by atoms with E-state index in [-0.39, 0.29) is 23.4 Å². The van der Waals surface area contributed by atoms with E-state index in [1.54, 1.807) is 18.4 Å². The van der Waals surface area contributed by atoms with Gasteiger partial charge in [0.1, 0.15) is 5.76 Å². The normalized spacial score (nSPS) is 13.0. The van der Waals surface area contributed by atoms with Crippen molar-refractivity contribution in [1.29, 1.82) is 0 Å². The molecule has 8 heteroatoms. The number of nitrogens with zero attached hydrogens (tertiary/aromatic N) is 1. The molecule has 0 spiro atoms. The van der Waals surface area contributed by atoms with Crippen LogP contribution in [0, 0.1) is 0 Å². The summed E-state index contributed by atoms with van der Waals surface area (Å²) in [5.74, 6) is 0.412. The van der Waals surface area contributed by atoms with Gasteiger partial charge in [-0.25, -0.2) is 13.1 Å². The quantitative estimate of drug-likeness (QED) is 0.783. The second-order valence-corrected chi connectivity index (χ2v) is 7.22. The second-order valence-electron chi connectivity index (χ2n) is 5.45. The summed E-state index contributed by atoms with van der Waals surface area (Å²) in [5.41, 5.74) is 0.401. The molecule has 1 aromatic heterocycles. The third-order valence-corrected chi connectivity index (χ3v) is 5.06. The minimum absolute atomic E-state index is 0.104. The number of hydrogen-bond donors (Lipinski definition) is 2. The summed E-state index contributed by atoms with van der Waals surface area (Å²) < 4.78 is 32.8. The number of rotatable bonds is 7. The standard InChI is InChI=1S/C16H21N3O4S/c1-17-16(20)12-6-8-13(9-7-12)24(21,22)18-11-14(19(2)3)15-5-4-10-23-15/h4-10,14,18H,11H2,1-3H3,(H,17,20). The largest absolute Gasteiger partial charge is 0.468 e. The molecule has 130 valence electrons. The van der Waals surface area contributed by atoms with Crippen molar-refractivity contribution in [1.82, 2.24) is 14.9 Å². The summed E-state index contributed by atoms with van der Waals surface area (Å²) in [5, 5.41) is 2.49. The van der Waals surface area contributed by atoms with E-state index >= 15 is 0 Å². The van der Waals surface area contributed by atoms with Gasteiger partial charge >= 0.3 is 0 Å². The number of sulfonamides is 1. The Labute approximate surface area is 141 Å². The molecule has 1 heterocycles. The van der Waals surface area contributed by atoms with E-state index in [4.69, 9.17) is 4.42 Å². The van der Waals surface area contributed by atoms with E-state index in [0.29, 0.717) is 11.3 Å². The lowest BCUT2D eigenvalue weighted by atomic mass is 10.2. The summed E-state index contributed by atoms with van der Waals surface area (Å²) in [6.07, 6.45) is 1.55. The van der Waals surface area contributed by atoms with Gasteiger partial charge in [-0.1, -0.05) is 0 Å². The molecule has 0 bridgehead atoms. The molecule has 2 aromatic rings. The zero-order valence-corrected chi connectivity index (χ0v) is 14.6. The van der Waals surface area contributed by atoms with Crippen LogP contribution in [0.2, 0.25) is 0 Å². The lowest BCUT2D eigenvalue weighted by Gasteiger charge is -2.22. The first-order valence-corrected chi connectivity index (χ1v) is 8.85. The molecule has 0 fully saturated rings. The van der Waals surface area contributed by atoms with Crippen LogP contribution in [0.15, 0.2) is 52.0 Å². The van der Waals surface area contributed by atoms with Crippen LogP contribution in [0.5, 0.6) is 0 Å². The highest BCUT2D eigenvalue weighted by Crippen LogP contribution is 2.19. The van der Waals surface area contributed by atoms with Crippen LogP contribution >= 0.6 is 0 Å². The van der Waals surface area contributed by atoms with Crippen LogP contribution in [-0.2, 0) is 10.0 Å². The van der Waals surface area contributed by atoms with Crippen molar-refractivity contribution in [2.75, 3.05) is 27.7 Å². The molecule has 0 aliphatic rings. The first-order valence-electron chi connectivity index (χ1n) is 7.37. The number of furan rings is 1. The maximum atomic E-state index is 12.4. The van der Waals surface area contributed by atoms with Gasteiger partial charge in [-0.15, -0.1) is 0 Å². The van der Waals surface area contributed by atoms with Gasteiger partial charge in [-0.05, 0) is 50.5 Å². The summed E-state index contributed by atoms with van der Waals surface area (Å²) in [6.45, 7) is 0.167. The molecule has 2 rings (SSSR count). The second kappa shape index (κ2) is 7.61. The number of nitrogens with one attached hydrogen (secondary N) is 2. The molecule has 0 aliphatic carbocycles. The fourth-order valence-electron chi connectivity index (χ4n) is 2.22. The van der Waals surface area contributed by atoms with Crippen molar-refractivity contribution in [2.24, 2.45) is 0 Å². The smallest absolute Gasteiger partial charge is 0.251 e. The maximum absolute atomic E-state index is 12.4. The highest BCUT2D eigenvalue weighted by atomic mass is 32.2. The molecule has 0 radical (unpaired) electrons. The number of amides is 1. The summed E-state index contributed by atoms with van der Waals surface area (Å²) in [6, 6.07) is 9.11. The Bertz CT molecular complexity index is 768. The zero-order valence-electron chi connectivity index (χ0n) is 13.8. The van der Waals surface area contributed by atoms with Gasteiger partial charge in [0.15, 0.2) is 0 Å². The van der Waals surface area contributed by atoms with Gasteiger partial charge < -0.3 is 9.73 Å². The molecular formula is C16H21N3O4S. The van der Waals surface area contributed by atoms with Crippen molar-refractivity contribution in [3.05, 3.63) is 54.0 Å². The van der Waals surface area contributed by atoms with Crippen LogP contribution in [0.3, 0.4) is 0 Å². The molecule has 24 heavy (non-hydrogen) atoms. The van der Waals surface area contributed by atoms with Gasteiger partial charge in [0, 0.05) is 19.2 Å². The van der Waals surface area contributed by atoms with Crippen molar-refractivity contribution in [2.45, 2.75) is 10.9 Å². The predicted molar refractivity (Wildman–Crippen MR) is 90.2 cm³/mol. The summed E-state index contributed by atoms with van der Waals surface area (Å²) in [4.78, 5) is 13.5. The molecule has 7 nitrogen and oxygen atoms in total. The molecule has 0 saturated heterocycles. The van der Waals surface area contributed by atoms with Crippen LogP contribution in [0.1, 0.15) is 22.2 Å². The van der Waals surface area contributed by atoms with Gasteiger partial charge in [-0.2, -0.15) is 0 Å². The molecular weight excluding hydrogens is 330 g/mol. The Balaban J connectivity index is 2.11. The topological polar surface area (TPSA) is 91.6 Å². The van der Waals surface area contributed by atoms with Gasteiger partial charge in [0.2, 0.25) is 10.0 Å². The molecule has 1 unspecified atom stereocenters. The van der Waals surface area contributed by atoms with Crippen LogP contribution in [-0.4, -0.2) is 46.9 Å². The molecule has 0 saturated carbocycles. The van der Waals surface area contributed by atoms with E-state index in [9.17, 15) is 13.2 Å².